The van der Waals surface area contributed by atoms with E-state index in [2.05, 4.69) is 55.2 Å². The van der Waals surface area contributed by atoms with Crippen molar-refractivity contribution in [3.63, 3.8) is 0 Å². The van der Waals surface area contributed by atoms with E-state index < -0.39 is 0 Å². The molecule has 0 aliphatic heterocycles. The van der Waals surface area contributed by atoms with Crippen LogP contribution < -0.4 is 5.32 Å². The second-order valence-electron chi connectivity index (χ2n) is 3.15. The van der Waals surface area contributed by atoms with E-state index in [1.54, 1.807) is 0 Å². The minimum atomic E-state index is 0.879. The minimum Gasteiger partial charge on any atom is -0.370 e. The molecule has 2 aromatic rings. The molecule has 1 N–H and O–H groups in total. The Labute approximate surface area is 105 Å². The Morgan fingerprint density at radius 3 is 2.60 bits per heavy atom. The molecule has 0 atom stereocenters. The predicted octanol–water partition coefficient (Wildman–Crippen LogP) is 4.19. The largest absolute Gasteiger partial charge is 0.370 e. The molecule has 2 rings (SSSR count). The molecule has 2 nitrogen and oxygen atoms in total. The third-order valence-corrected chi connectivity index (χ3v) is 3.44. The Morgan fingerprint density at radius 2 is 1.87 bits per heavy atom. The molecule has 0 amide bonds. The van der Waals surface area contributed by atoms with E-state index in [0.29, 0.717) is 0 Å². The smallest absolute Gasteiger partial charge is 0.126 e. The molecule has 0 saturated carbocycles. The quantitative estimate of drug-likeness (QED) is 0.893. The summed E-state index contributed by atoms with van der Waals surface area (Å²) in [7, 11) is 0. The molecule has 4 heteroatoms. The fourth-order valence-electron chi connectivity index (χ4n) is 1.43. The van der Waals surface area contributed by atoms with E-state index in [-0.39, 0.29) is 0 Å². The van der Waals surface area contributed by atoms with Gasteiger partial charge < -0.3 is 5.32 Å². The van der Waals surface area contributed by atoms with Gasteiger partial charge in [0.2, 0.25) is 0 Å². The molecule has 15 heavy (non-hydrogen) atoms. The van der Waals surface area contributed by atoms with Crippen LogP contribution in [0.25, 0.3) is 10.9 Å². The monoisotopic (exact) mass is 328 g/mol. The van der Waals surface area contributed by atoms with Crippen molar-refractivity contribution in [2.75, 3.05) is 11.9 Å². The van der Waals surface area contributed by atoms with Crippen LogP contribution >= 0.6 is 31.9 Å². The Balaban J connectivity index is 2.65. The van der Waals surface area contributed by atoms with Gasteiger partial charge in [0.15, 0.2) is 0 Å². The minimum absolute atomic E-state index is 0.879. The fraction of sp³-hybridized carbons (Fsp3) is 0.182. The van der Waals surface area contributed by atoms with E-state index in [1.165, 1.54) is 0 Å². The summed E-state index contributed by atoms with van der Waals surface area (Å²) in [6.07, 6.45) is 0. The predicted molar refractivity (Wildman–Crippen MR) is 71.3 cm³/mol. The van der Waals surface area contributed by atoms with Crippen molar-refractivity contribution in [2.24, 2.45) is 0 Å². The molecule has 78 valence electrons. The summed E-state index contributed by atoms with van der Waals surface area (Å²) in [5.41, 5.74) is 0.975. The number of anilines is 1. The summed E-state index contributed by atoms with van der Waals surface area (Å²) in [5, 5.41) is 4.32. The molecule has 0 unspecified atom stereocenters. The number of fused-ring (bicyclic) bond motifs is 1. The summed E-state index contributed by atoms with van der Waals surface area (Å²) in [5.74, 6) is 0.906. The SMILES string of the molecule is CCNc1ccc2c(Br)ccc(Br)c2n1. The van der Waals surface area contributed by atoms with Gasteiger partial charge in [-0.3, -0.25) is 0 Å². The van der Waals surface area contributed by atoms with Gasteiger partial charge in [-0.15, -0.1) is 0 Å². The third kappa shape index (κ3) is 2.16. The van der Waals surface area contributed by atoms with E-state index in [1.807, 2.05) is 18.2 Å². The summed E-state index contributed by atoms with van der Waals surface area (Å²) >= 11 is 7.02. The normalized spacial score (nSPS) is 10.6. The van der Waals surface area contributed by atoms with Gasteiger partial charge in [0.25, 0.3) is 0 Å². The number of hydrogen-bond acceptors (Lipinski definition) is 2. The van der Waals surface area contributed by atoms with Crippen molar-refractivity contribution < 1.29 is 0 Å². The average molecular weight is 330 g/mol. The molecule has 0 radical (unpaired) electrons. The zero-order chi connectivity index (χ0) is 10.8. The number of pyridine rings is 1. The molecular weight excluding hydrogens is 320 g/mol. The molecule has 0 fully saturated rings. The Kier molecular flexibility index (Phi) is 3.26. The lowest BCUT2D eigenvalue weighted by atomic mass is 10.2. The van der Waals surface area contributed by atoms with Gasteiger partial charge in [0, 0.05) is 20.9 Å². The number of nitrogens with one attached hydrogen (secondary N) is 1. The number of rotatable bonds is 2. The first-order valence-corrected chi connectivity index (χ1v) is 6.29. The van der Waals surface area contributed by atoms with Gasteiger partial charge >= 0.3 is 0 Å². The molecular formula is C11H10Br2N2. The summed E-state index contributed by atoms with van der Waals surface area (Å²) in [6.45, 7) is 2.94. The van der Waals surface area contributed by atoms with Crippen LogP contribution in [0.15, 0.2) is 33.2 Å². The van der Waals surface area contributed by atoms with Crippen molar-refractivity contribution in [3.8, 4) is 0 Å². The van der Waals surface area contributed by atoms with Crippen molar-refractivity contribution in [1.29, 1.82) is 0 Å². The first-order valence-electron chi connectivity index (χ1n) is 4.71. The highest BCUT2D eigenvalue weighted by Crippen LogP contribution is 2.29. The van der Waals surface area contributed by atoms with Crippen LogP contribution in [0.1, 0.15) is 6.92 Å². The van der Waals surface area contributed by atoms with E-state index in [4.69, 9.17) is 0 Å². The van der Waals surface area contributed by atoms with Gasteiger partial charge in [-0.2, -0.15) is 0 Å². The van der Waals surface area contributed by atoms with Crippen LogP contribution in [0.5, 0.6) is 0 Å². The highest BCUT2D eigenvalue weighted by atomic mass is 79.9. The van der Waals surface area contributed by atoms with E-state index in [0.717, 1.165) is 32.2 Å². The van der Waals surface area contributed by atoms with Crippen molar-refractivity contribution in [2.45, 2.75) is 6.92 Å². The molecule has 0 saturated heterocycles. The van der Waals surface area contributed by atoms with Gasteiger partial charge in [-0.1, -0.05) is 15.9 Å². The molecule has 0 aliphatic carbocycles. The summed E-state index contributed by atoms with van der Waals surface area (Å²) in [6, 6.07) is 8.06. The standard InChI is InChI=1S/C11H10Br2N2/c1-2-14-10-6-3-7-8(12)4-5-9(13)11(7)15-10/h3-6H,2H2,1H3,(H,14,15). The van der Waals surface area contributed by atoms with Crippen molar-refractivity contribution in [3.05, 3.63) is 33.2 Å². The van der Waals surface area contributed by atoms with Gasteiger partial charge in [0.1, 0.15) is 5.82 Å². The zero-order valence-electron chi connectivity index (χ0n) is 8.22. The highest BCUT2D eigenvalue weighted by molar-refractivity contribution is 9.11. The topological polar surface area (TPSA) is 24.9 Å². The van der Waals surface area contributed by atoms with Crippen LogP contribution in [0.3, 0.4) is 0 Å². The molecule has 1 aromatic carbocycles. The lowest BCUT2D eigenvalue weighted by molar-refractivity contribution is 1.17. The Hall–Kier alpha value is -0.610. The molecule has 0 bridgehead atoms. The van der Waals surface area contributed by atoms with Crippen molar-refractivity contribution in [1.82, 2.24) is 4.98 Å². The van der Waals surface area contributed by atoms with Crippen molar-refractivity contribution >= 4 is 48.6 Å². The number of hydrogen-bond donors (Lipinski definition) is 1. The van der Waals surface area contributed by atoms with Crippen LogP contribution in [0, 0.1) is 0 Å². The second-order valence-corrected chi connectivity index (χ2v) is 4.86. The van der Waals surface area contributed by atoms with Gasteiger partial charge in [-0.05, 0) is 47.1 Å². The number of aromatic nitrogens is 1. The fourth-order valence-corrected chi connectivity index (χ4v) is 2.32. The number of halogens is 2. The number of benzene rings is 1. The van der Waals surface area contributed by atoms with Crippen LogP contribution in [0.4, 0.5) is 5.82 Å². The first kappa shape index (κ1) is 10.9. The maximum atomic E-state index is 4.54. The average Bonchev–Trinajstić information content (AvgIpc) is 2.24. The lowest BCUT2D eigenvalue weighted by Crippen LogP contribution is -1.99. The van der Waals surface area contributed by atoms with Crippen LogP contribution in [0.2, 0.25) is 0 Å². The van der Waals surface area contributed by atoms with E-state index >= 15 is 0 Å². The van der Waals surface area contributed by atoms with Crippen LogP contribution in [-0.4, -0.2) is 11.5 Å². The summed E-state index contributed by atoms with van der Waals surface area (Å²) < 4.78 is 2.08. The zero-order valence-corrected chi connectivity index (χ0v) is 11.4. The van der Waals surface area contributed by atoms with Gasteiger partial charge in [0.05, 0.1) is 5.52 Å². The Bertz CT molecular complexity index is 497. The second kappa shape index (κ2) is 4.49. The third-order valence-electron chi connectivity index (χ3n) is 2.11. The molecule has 0 aliphatic rings. The number of nitrogens with zero attached hydrogens (tertiary/aromatic N) is 1. The lowest BCUT2D eigenvalue weighted by Gasteiger charge is -2.06. The summed E-state index contributed by atoms with van der Waals surface area (Å²) in [4.78, 5) is 4.54. The van der Waals surface area contributed by atoms with Gasteiger partial charge in [-0.25, -0.2) is 4.98 Å². The molecule has 1 aromatic heterocycles. The first-order chi connectivity index (χ1) is 7.22. The maximum absolute atomic E-state index is 4.54. The molecule has 0 spiro atoms. The Morgan fingerprint density at radius 1 is 1.13 bits per heavy atom. The maximum Gasteiger partial charge on any atom is 0.126 e. The van der Waals surface area contributed by atoms with Crippen LogP contribution in [-0.2, 0) is 0 Å². The highest BCUT2D eigenvalue weighted by Gasteiger charge is 2.04. The molecule has 1 heterocycles. The van der Waals surface area contributed by atoms with E-state index in [9.17, 15) is 0 Å².